The van der Waals surface area contributed by atoms with Crippen LogP contribution >= 0.6 is 0 Å². The Labute approximate surface area is 101 Å². The van der Waals surface area contributed by atoms with Crippen LogP contribution in [0.5, 0.6) is 0 Å². The number of urea groups is 1. The molecule has 0 aliphatic rings. The summed E-state index contributed by atoms with van der Waals surface area (Å²) in [6.45, 7) is 12.1. The van der Waals surface area contributed by atoms with Crippen LogP contribution in [-0.4, -0.2) is 30.1 Å². The van der Waals surface area contributed by atoms with Gasteiger partial charge in [0, 0.05) is 19.1 Å². The Bertz CT molecular complexity index is 188. The maximum absolute atomic E-state index is 11.7. The van der Waals surface area contributed by atoms with Crippen molar-refractivity contribution in [3.8, 4) is 0 Å². The minimum absolute atomic E-state index is 0.0713. The molecule has 1 N–H and O–H groups in total. The fraction of sp³-hybridized carbons (Fsp3) is 0.923. The molecule has 0 aromatic carbocycles. The van der Waals surface area contributed by atoms with Gasteiger partial charge >= 0.3 is 6.03 Å². The van der Waals surface area contributed by atoms with E-state index in [1.807, 2.05) is 18.7 Å². The fourth-order valence-corrected chi connectivity index (χ4v) is 1.72. The monoisotopic (exact) mass is 228 g/mol. The number of amides is 2. The maximum Gasteiger partial charge on any atom is 0.317 e. The molecule has 1 unspecified atom stereocenters. The molecule has 0 saturated carbocycles. The van der Waals surface area contributed by atoms with Crippen molar-refractivity contribution >= 4 is 6.03 Å². The van der Waals surface area contributed by atoms with Crippen LogP contribution in [0.15, 0.2) is 0 Å². The van der Waals surface area contributed by atoms with E-state index >= 15 is 0 Å². The third-order valence-electron chi connectivity index (χ3n) is 2.84. The summed E-state index contributed by atoms with van der Waals surface area (Å²) in [5.74, 6) is 0.755. The lowest BCUT2D eigenvalue weighted by Gasteiger charge is -2.22. The molecule has 3 nitrogen and oxygen atoms in total. The number of hydrogen-bond donors (Lipinski definition) is 1. The molecule has 0 aliphatic carbocycles. The zero-order chi connectivity index (χ0) is 12.6. The summed E-state index contributed by atoms with van der Waals surface area (Å²) in [7, 11) is 0. The zero-order valence-electron chi connectivity index (χ0n) is 11.5. The summed E-state index contributed by atoms with van der Waals surface area (Å²) >= 11 is 0. The van der Waals surface area contributed by atoms with Crippen molar-refractivity contribution in [1.29, 1.82) is 0 Å². The molecule has 96 valence electrons. The highest BCUT2D eigenvalue weighted by Gasteiger charge is 2.11. The summed E-state index contributed by atoms with van der Waals surface area (Å²) in [5, 5.41) is 3.04. The highest BCUT2D eigenvalue weighted by molar-refractivity contribution is 5.74. The second-order valence-corrected chi connectivity index (χ2v) is 4.85. The van der Waals surface area contributed by atoms with E-state index in [2.05, 4.69) is 26.1 Å². The van der Waals surface area contributed by atoms with Crippen molar-refractivity contribution in [2.75, 3.05) is 13.1 Å². The van der Waals surface area contributed by atoms with Crippen LogP contribution in [0.2, 0.25) is 0 Å². The van der Waals surface area contributed by atoms with Crippen molar-refractivity contribution in [2.24, 2.45) is 5.92 Å². The molecule has 0 aliphatic heterocycles. The predicted octanol–water partition coefficient (Wildman–Crippen LogP) is 3.25. The summed E-state index contributed by atoms with van der Waals surface area (Å²) in [5.41, 5.74) is 0. The van der Waals surface area contributed by atoms with Gasteiger partial charge < -0.3 is 10.2 Å². The van der Waals surface area contributed by atoms with Crippen LogP contribution in [0.1, 0.15) is 53.9 Å². The molecular weight excluding hydrogens is 200 g/mol. The summed E-state index contributed by atoms with van der Waals surface area (Å²) in [6.07, 6.45) is 3.51. The van der Waals surface area contributed by atoms with Gasteiger partial charge in [-0.15, -0.1) is 0 Å². The third-order valence-corrected chi connectivity index (χ3v) is 2.84. The quantitative estimate of drug-likeness (QED) is 0.712. The standard InChI is InChI=1S/C13H28N2O/c1-6-15(7-2)13(16)14-12(5)10-8-9-11(3)4/h11-12H,6-10H2,1-5H3,(H,14,16). The first-order valence-corrected chi connectivity index (χ1v) is 6.56. The Morgan fingerprint density at radius 3 is 2.12 bits per heavy atom. The lowest BCUT2D eigenvalue weighted by Crippen LogP contribution is -2.43. The maximum atomic E-state index is 11.7. The highest BCUT2D eigenvalue weighted by Crippen LogP contribution is 2.08. The molecule has 1 atom stereocenters. The minimum atomic E-state index is 0.0713. The molecule has 3 heteroatoms. The van der Waals surface area contributed by atoms with Gasteiger partial charge in [-0.25, -0.2) is 4.79 Å². The Kier molecular flexibility index (Phi) is 8.04. The molecule has 0 bridgehead atoms. The smallest absolute Gasteiger partial charge is 0.317 e. The lowest BCUT2D eigenvalue weighted by atomic mass is 10.0. The molecule has 0 spiro atoms. The number of carbonyl (C=O) groups is 1. The lowest BCUT2D eigenvalue weighted by molar-refractivity contribution is 0.199. The number of carbonyl (C=O) groups excluding carboxylic acids is 1. The van der Waals surface area contributed by atoms with Gasteiger partial charge in [0.05, 0.1) is 0 Å². The van der Waals surface area contributed by atoms with Gasteiger partial charge in [0.15, 0.2) is 0 Å². The van der Waals surface area contributed by atoms with E-state index in [0.717, 1.165) is 25.4 Å². The van der Waals surface area contributed by atoms with E-state index in [-0.39, 0.29) is 12.1 Å². The minimum Gasteiger partial charge on any atom is -0.336 e. The SMILES string of the molecule is CCN(CC)C(=O)NC(C)CCCC(C)C. The number of hydrogen-bond acceptors (Lipinski definition) is 1. The van der Waals surface area contributed by atoms with E-state index in [9.17, 15) is 4.79 Å². The summed E-state index contributed by atoms with van der Waals surface area (Å²) in [6, 6.07) is 0.355. The van der Waals surface area contributed by atoms with Gasteiger partial charge in [-0.3, -0.25) is 0 Å². The van der Waals surface area contributed by atoms with E-state index in [1.165, 1.54) is 12.8 Å². The summed E-state index contributed by atoms with van der Waals surface area (Å²) in [4.78, 5) is 13.5. The van der Waals surface area contributed by atoms with Crippen LogP contribution in [0.4, 0.5) is 4.79 Å². The van der Waals surface area contributed by atoms with E-state index in [1.54, 1.807) is 0 Å². The van der Waals surface area contributed by atoms with E-state index < -0.39 is 0 Å². The third kappa shape index (κ3) is 6.70. The Hall–Kier alpha value is -0.730. The van der Waals surface area contributed by atoms with Crippen molar-refractivity contribution < 1.29 is 4.79 Å². The molecule has 0 fully saturated rings. The van der Waals surface area contributed by atoms with Crippen LogP contribution in [0.25, 0.3) is 0 Å². The van der Waals surface area contributed by atoms with Gasteiger partial charge in [-0.2, -0.15) is 0 Å². The zero-order valence-corrected chi connectivity index (χ0v) is 11.5. The van der Waals surface area contributed by atoms with Crippen molar-refractivity contribution in [1.82, 2.24) is 10.2 Å². The average Bonchev–Trinajstić information content (AvgIpc) is 2.18. The second kappa shape index (κ2) is 8.43. The Balaban J connectivity index is 3.77. The first-order valence-electron chi connectivity index (χ1n) is 6.56. The van der Waals surface area contributed by atoms with Crippen LogP contribution in [0.3, 0.4) is 0 Å². The van der Waals surface area contributed by atoms with Crippen LogP contribution in [-0.2, 0) is 0 Å². The topological polar surface area (TPSA) is 32.3 Å². The van der Waals surface area contributed by atoms with Crippen molar-refractivity contribution in [3.05, 3.63) is 0 Å². The van der Waals surface area contributed by atoms with Gasteiger partial charge in [-0.1, -0.05) is 26.7 Å². The normalized spacial score (nSPS) is 12.6. The first kappa shape index (κ1) is 15.3. The Morgan fingerprint density at radius 1 is 1.12 bits per heavy atom. The molecule has 0 aromatic heterocycles. The fourth-order valence-electron chi connectivity index (χ4n) is 1.72. The van der Waals surface area contributed by atoms with E-state index in [4.69, 9.17) is 0 Å². The number of nitrogens with zero attached hydrogens (tertiary/aromatic N) is 1. The molecular formula is C13H28N2O. The molecule has 2 amide bonds. The van der Waals surface area contributed by atoms with E-state index in [0.29, 0.717) is 0 Å². The number of rotatable bonds is 7. The molecule has 0 radical (unpaired) electrons. The van der Waals surface area contributed by atoms with Crippen molar-refractivity contribution in [2.45, 2.75) is 59.9 Å². The second-order valence-electron chi connectivity index (χ2n) is 4.85. The average molecular weight is 228 g/mol. The van der Waals surface area contributed by atoms with Crippen LogP contribution < -0.4 is 5.32 Å². The van der Waals surface area contributed by atoms with Gasteiger partial charge in [0.2, 0.25) is 0 Å². The largest absolute Gasteiger partial charge is 0.336 e. The van der Waals surface area contributed by atoms with Crippen molar-refractivity contribution in [3.63, 3.8) is 0 Å². The number of nitrogens with one attached hydrogen (secondary N) is 1. The Morgan fingerprint density at radius 2 is 1.69 bits per heavy atom. The van der Waals surface area contributed by atoms with Gasteiger partial charge in [0.25, 0.3) is 0 Å². The summed E-state index contributed by atoms with van der Waals surface area (Å²) < 4.78 is 0. The molecule has 16 heavy (non-hydrogen) atoms. The highest BCUT2D eigenvalue weighted by atomic mass is 16.2. The molecule has 0 heterocycles. The van der Waals surface area contributed by atoms with Gasteiger partial charge in [-0.05, 0) is 33.1 Å². The van der Waals surface area contributed by atoms with Gasteiger partial charge in [0.1, 0.15) is 0 Å². The molecule has 0 aromatic rings. The predicted molar refractivity (Wildman–Crippen MR) is 69.6 cm³/mol. The first-order chi connectivity index (χ1) is 7.51. The molecule has 0 rings (SSSR count). The van der Waals surface area contributed by atoms with Crippen LogP contribution in [0, 0.1) is 5.92 Å². The molecule has 0 saturated heterocycles.